The molecule has 0 fully saturated rings. The van der Waals surface area contributed by atoms with Gasteiger partial charge in [-0.05, 0) is 54.1 Å². The highest BCUT2D eigenvalue weighted by molar-refractivity contribution is 9.10. The van der Waals surface area contributed by atoms with Gasteiger partial charge in [0.2, 0.25) is 0 Å². The Hall–Kier alpha value is -3.10. The Morgan fingerprint density at radius 2 is 1.80 bits per heavy atom. The summed E-state index contributed by atoms with van der Waals surface area (Å²) in [4.78, 5) is 11.0. The maximum Gasteiger partial charge on any atom is 0.335 e. The van der Waals surface area contributed by atoms with Gasteiger partial charge in [0.25, 0.3) is 0 Å². The molecule has 2 aromatic carbocycles. The highest BCUT2D eigenvalue weighted by Crippen LogP contribution is 2.22. The Labute approximate surface area is 153 Å². The quantitative estimate of drug-likeness (QED) is 0.635. The Morgan fingerprint density at radius 1 is 1.08 bits per heavy atom. The van der Waals surface area contributed by atoms with E-state index in [9.17, 15) is 10.1 Å². The summed E-state index contributed by atoms with van der Waals surface area (Å²) < 4.78 is 2.95. The van der Waals surface area contributed by atoms with Crippen molar-refractivity contribution in [3.05, 3.63) is 88.2 Å². The number of nitriles is 1. The minimum atomic E-state index is -0.988. The van der Waals surface area contributed by atoms with E-state index in [2.05, 4.69) is 22.0 Å². The van der Waals surface area contributed by atoms with Crippen LogP contribution in [0.1, 0.15) is 21.6 Å². The molecule has 0 spiro atoms. The smallest absolute Gasteiger partial charge is 0.335 e. The van der Waals surface area contributed by atoms with E-state index in [-0.39, 0.29) is 5.56 Å². The summed E-state index contributed by atoms with van der Waals surface area (Å²) in [6.45, 7) is 0. The lowest BCUT2D eigenvalue weighted by molar-refractivity contribution is 0.0697. The van der Waals surface area contributed by atoms with Gasteiger partial charge in [-0.1, -0.05) is 34.1 Å². The number of aromatic carboxylic acids is 1. The largest absolute Gasteiger partial charge is 0.478 e. The summed E-state index contributed by atoms with van der Waals surface area (Å²) in [5.41, 5.74) is 3.17. The summed E-state index contributed by atoms with van der Waals surface area (Å²) in [6, 6.07) is 20.2. The molecule has 0 saturated carbocycles. The van der Waals surface area contributed by atoms with Crippen LogP contribution < -0.4 is 0 Å². The van der Waals surface area contributed by atoms with E-state index in [0.29, 0.717) is 11.1 Å². The minimum Gasteiger partial charge on any atom is -0.478 e. The van der Waals surface area contributed by atoms with E-state index in [0.717, 1.165) is 15.9 Å². The summed E-state index contributed by atoms with van der Waals surface area (Å²) in [5, 5.41) is 18.5. The normalized spacial score (nSPS) is 11.1. The van der Waals surface area contributed by atoms with Gasteiger partial charge in [-0.15, -0.1) is 0 Å². The Balaban J connectivity index is 2.00. The van der Waals surface area contributed by atoms with Gasteiger partial charge < -0.3 is 9.67 Å². The van der Waals surface area contributed by atoms with Gasteiger partial charge in [-0.2, -0.15) is 5.26 Å². The molecule has 0 aliphatic carbocycles. The van der Waals surface area contributed by atoms with Gasteiger partial charge in [0.05, 0.1) is 17.2 Å². The third kappa shape index (κ3) is 3.70. The molecule has 1 heterocycles. The molecule has 3 rings (SSSR count). The number of carbonyl (C=O) groups is 1. The Morgan fingerprint density at radius 3 is 2.44 bits per heavy atom. The minimum absolute atomic E-state index is 0.193. The number of rotatable bonds is 4. The third-order valence-corrected chi connectivity index (χ3v) is 4.22. The number of hydrogen-bond donors (Lipinski definition) is 1. The predicted octanol–water partition coefficient (Wildman–Crippen LogP) is 5.00. The molecule has 0 saturated heterocycles. The molecule has 122 valence electrons. The SMILES string of the molecule is N#C/C(=C/c1cccn1-c1cccc(Br)c1)c1ccc(C(=O)O)cc1. The van der Waals surface area contributed by atoms with E-state index in [1.807, 2.05) is 47.2 Å². The molecule has 1 aromatic heterocycles. The number of allylic oxidation sites excluding steroid dienone is 1. The van der Waals surface area contributed by atoms with Crippen molar-refractivity contribution in [3.63, 3.8) is 0 Å². The molecule has 0 aliphatic rings. The average molecular weight is 393 g/mol. The molecule has 0 aliphatic heterocycles. The van der Waals surface area contributed by atoms with Crippen molar-refractivity contribution in [2.24, 2.45) is 0 Å². The number of carboxylic acids is 1. The van der Waals surface area contributed by atoms with Crippen LogP contribution in [-0.4, -0.2) is 15.6 Å². The monoisotopic (exact) mass is 392 g/mol. The number of aromatic nitrogens is 1. The maximum absolute atomic E-state index is 11.0. The highest BCUT2D eigenvalue weighted by atomic mass is 79.9. The predicted molar refractivity (Wildman–Crippen MR) is 100 cm³/mol. The number of hydrogen-bond acceptors (Lipinski definition) is 2. The molecule has 0 unspecified atom stereocenters. The molecule has 0 atom stereocenters. The highest BCUT2D eigenvalue weighted by Gasteiger charge is 2.07. The first-order valence-electron chi connectivity index (χ1n) is 7.47. The molecule has 5 heteroatoms. The summed E-state index contributed by atoms with van der Waals surface area (Å²) in [5.74, 6) is -0.988. The van der Waals surface area contributed by atoms with Crippen LogP contribution in [0.5, 0.6) is 0 Å². The lowest BCUT2D eigenvalue weighted by Gasteiger charge is -2.08. The van der Waals surface area contributed by atoms with Crippen LogP contribution >= 0.6 is 15.9 Å². The van der Waals surface area contributed by atoms with Crippen molar-refractivity contribution in [1.29, 1.82) is 5.26 Å². The number of carboxylic acid groups (broad SMARTS) is 1. The standard InChI is InChI=1S/C20H13BrN2O2/c21-17-3-1-4-19(12-17)23-10-2-5-18(23)11-16(13-22)14-6-8-15(9-7-14)20(24)25/h1-12H,(H,24,25)/b16-11-. The van der Waals surface area contributed by atoms with E-state index < -0.39 is 5.97 Å². The summed E-state index contributed by atoms with van der Waals surface area (Å²) >= 11 is 3.46. The van der Waals surface area contributed by atoms with Crippen LogP contribution in [0.3, 0.4) is 0 Å². The van der Waals surface area contributed by atoms with Crippen molar-refractivity contribution in [2.75, 3.05) is 0 Å². The average Bonchev–Trinajstić information content (AvgIpc) is 3.08. The molecular formula is C20H13BrN2O2. The first-order chi connectivity index (χ1) is 12.1. The van der Waals surface area contributed by atoms with Crippen molar-refractivity contribution < 1.29 is 9.90 Å². The van der Waals surface area contributed by atoms with Gasteiger partial charge in [-0.3, -0.25) is 0 Å². The molecule has 1 N–H and O–H groups in total. The number of nitrogens with zero attached hydrogens (tertiary/aromatic N) is 2. The fourth-order valence-electron chi connectivity index (χ4n) is 2.49. The van der Waals surface area contributed by atoms with Crippen LogP contribution in [0.25, 0.3) is 17.3 Å². The molecule has 25 heavy (non-hydrogen) atoms. The van der Waals surface area contributed by atoms with Gasteiger partial charge in [0, 0.05) is 22.1 Å². The lowest BCUT2D eigenvalue weighted by Crippen LogP contribution is -1.96. The van der Waals surface area contributed by atoms with Crippen LogP contribution in [-0.2, 0) is 0 Å². The van der Waals surface area contributed by atoms with Crippen molar-refractivity contribution in [2.45, 2.75) is 0 Å². The van der Waals surface area contributed by atoms with E-state index in [4.69, 9.17) is 5.11 Å². The second-order valence-corrected chi connectivity index (χ2v) is 6.25. The van der Waals surface area contributed by atoms with Gasteiger partial charge in [0.1, 0.15) is 0 Å². The second-order valence-electron chi connectivity index (χ2n) is 5.34. The van der Waals surface area contributed by atoms with Gasteiger partial charge >= 0.3 is 5.97 Å². The Kier molecular flexibility index (Phi) is 4.82. The van der Waals surface area contributed by atoms with Crippen LogP contribution in [0.2, 0.25) is 0 Å². The van der Waals surface area contributed by atoms with Gasteiger partial charge in [0.15, 0.2) is 0 Å². The fourth-order valence-corrected chi connectivity index (χ4v) is 2.88. The van der Waals surface area contributed by atoms with Crippen LogP contribution in [0.15, 0.2) is 71.3 Å². The van der Waals surface area contributed by atoms with Crippen LogP contribution in [0, 0.1) is 11.3 Å². The number of halogens is 1. The lowest BCUT2D eigenvalue weighted by atomic mass is 10.0. The molecule has 0 bridgehead atoms. The zero-order valence-corrected chi connectivity index (χ0v) is 14.6. The molecule has 3 aromatic rings. The first-order valence-corrected chi connectivity index (χ1v) is 8.26. The molecule has 0 amide bonds. The topological polar surface area (TPSA) is 66.0 Å². The van der Waals surface area contributed by atoms with E-state index in [1.54, 1.807) is 18.2 Å². The Bertz CT molecular complexity index is 995. The molecule has 0 radical (unpaired) electrons. The van der Waals surface area contributed by atoms with Crippen molar-refractivity contribution in [3.8, 4) is 11.8 Å². The fraction of sp³-hybridized carbons (Fsp3) is 0. The first kappa shape index (κ1) is 16.7. The number of benzene rings is 2. The van der Waals surface area contributed by atoms with Crippen molar-refractivity contribution >= 4 is 33.5 Å². The zero-order chi connectivity index (χ0) is 17.8. The zero-order valence-electron chi connectivity index (χ0n) is 13.1. The van der Waals surface area contributed by atoms with E-state index >= 15 is 0 Å². The molecule has 4 nitrogen and oxygen atoms in total. The van der Waals surface area contributed by atoms with Crippen LogP contribution in [0.4, 0.5) is 0 Å². The van der Waals surface area contributed by atoms with E-state index in [1.165, 1.54) is 12.1 Å². The summed E-state index contributed by atoms with van der Waals surface area (Å²) in [6.07, 6.45) is 3.72. The third-order valence-electron chi connectivity index (χ3n) is 3.72. The van der Waals surface area contributed by atoms with Gasteiger partial charge in [-0.25, -0.2) is 4.79 Å². The van der Waals surface area contributed by atoms with Crippen molar-refractivity contribution in [1.82, 2.24) is 4.57 Å². The second kappa shape index (κ2) is 7.20. The maximum atomic E-state index is 11.0. The summed E-state index contributed by atoms with van der Waals surface area (Å²) in [7, 11) is 0. The molecular weight excluding hydrogens is 380 g/mol.